The monoisotopic (exact) mass is 380 g/mol. The van der Waals surface area contributed by atoms with Crippen LogP contribution in [0.2, 0.25) is 0 Å². The summed E-state index contributed by atoms with van der Waals surface area (Å²) in [6.07, 6.45) is 1.83. The zero-order chi connectivity index (χ0) is 14.1. The largest absolute Gasteiger partial charge is 0.361 e. The average Bonchev–Trinajstić information content (AvgIpc) is 2.89. The van der Waals surface area contributed by atoms with Crippen molar-refractivity contribution in [3.63, 3.8) is 0 Å². The quantitative estimate of drug-likeness (QED) is 0.645. The molecule has 0 saturated carbocycles. The van der Waals surface area contributed by atoms with Gasteiger partial charge in [-0.05, 0) is 65.1 Å². The number of H-pyrrole nitrogens is 1. The molecule has 20 heavy (non-hydrogen) atoms. The van der Waals surface area contributed by atoms with E-state index in [4.69, 9.17) is 0 Å². The molecule has 0 bridgehead atoms. The van der Waals surface area contributed by atoms with E-state index in [1.54, 1.807) is 12.1 Å². The third kappa shape index (κ3) is 2.53. The molecular weight excluding hydrogens is 370 g/mol. The van der Waals surface area contributed by atoms with Crippen molar-refractivity contribution in [2.24, 2.45) is 0 Å². The van der Waals surface area contributed by atoms with E-state index in [9.17, 15) is 9.18 Å². The third-order valence-electron chi connectivity index (χ3n) is 2.99. The lowest BCUT2D eigenvalue weighted by atomic mass is 10.1. The van der Waals surface area contributed by atoms with Gasteiger partial charge >= 0.3 is 0 Å². The Balaban J connectivity index is 1.88. The topological polar surface area (TPSA) is 44.9 Å². The van der Waals surface area contributed by atoms with Crippen LogP contribution in [0.5, 0.6) is 0 Å². The van der Waals surface area contributed by atoms with Crippen LogP contribution in [0.4, 0.5) is 10.1 Å². The molecule has 0 radical (unpaired) electrons. The number of nitrogens with one attached hydrogen (secondary N) is 2. The lowest BCUT2D eigenvalue weighted by molar-refractivity contribution is 0.102. The fraction of sp³-hybridized carbons (Fsp3) is 0. The molecule has 0 fully saturated rings. The zero-order valence-corrected chi connectivity index (χ0v) is 12.4. The van der Waals surface area contributed by atoms with Gasteiger partial charge in [0.05, 0.1) is 5.69 Å². The number of hydrogen-bond acceptors (Lipinski definition) is 1. The van der Waals surface area contributed by atoms with Crippen LogP contribution in [0.3, 0.4) is 0 Å². The summed E-state index contributed by atoms with van der Waals surface area (Å²) in [4.78, 5) is 15.3. The van der Waals surface area contributed by atoms with Crippen LogP contribution in [0, 0.1) is 9.39 Å². The van der Waals surface area contributed by atoms with Gasteiger partial charge in [0.2, 0.25) is 0 Å². The smallest absolute Gasteiger partial charge is 0.255 e. The SMILES string of the molecule is O=C(Nc1ccc(F)cc1I)c1ccc2[nH]ccc2c1. The molecule has 0 aliphatic carbocycles. The van der Waals surface area contributed by atoms with E-state index in [2.05, 4.69) is 10.3 Å². The first-order valence-corrected chi connectivity index (χ1v) is 7.05. The molecule has 5 heteroatoms. The second kappa shape index (κ2) is 5.24. The highest BCUT2D eigenvalue weighted by Crippen LogP contribution is 2.21. The van der Waals surface area contributed by atoms with E-state index in [0.717, 1.165) is 10.9 Å². The number of fused-ring (bicyclic) bond motifs is 1. The van der Waals surface area contributed by atoms with Crippen molar-refractivity contribution >= 4 is 45.1 Å². The summed E-state index contributed by atoms with van der Waals surface area (Å²) in [5.74, 6) is -0.529. The van der Waals surface area contributed by atoms with Crippen molar-refractivity contribution in [1.29, 1.82) is 0 Å². The summed E-state index contributed by atoms with van der Waals surface area (Å²) < 4.78 is 13.7. The second-order valence-corrected chi connectivity index (χ2v) is 5.52. The molecule has 2 N–H and O–H groups in total. The van der Waals surface area contributed by atoms with Crippen LogP contribution < -0.4 is 5.32 Å². The maximum atomic E-state index is 13.0. The highest BCUT2D eigenvalue weighted by molar-refractivity contribution is 14.1. The first-order chi connectivity index (χ1) is 9.63. The Morgan fingerprint density at radius 2 is 2.00 bits per heavy atom. The van der Waals surface area contributed by atoms with Gasteiger partial charge in [0.15, 0.2) is 0 Å². The maximum Gasteiger partial charge on any atom is 0.255 e. The van der Waals surface area contributed by atoms with Gasteiger partial charge in [-0.2, -0.15) is 0 Å². The van der Waals surface area contributed by atoms with Crippen molar-refractivity contribution in [2.75, 3.05) is 5.32 Å². The number of carbonyl (C=O) groups is 1. The first-order valence-electron chi connectivity index (χ1n) is 5.97. The highest BCUT2D eigenvalue weighted by Gasteiger charge is 2.09. The predicted molar refractivity (Wildman–Crippen MR) is 85.4 cm³/mol. The summed E-state index contributed by atoms with van der Waals surface area (Å²) >= 11 is 1.99. The molecule has 100 valence electrons. The normalized spacial score (nSPS) is 10.7. The predicted octanol–water partition coefficient (Wildman–Crippen LogP) is 4.16. The number of benzene rings is 2. The highest BCUT2D eigenvalue weighted by atomic mass is 127. The Bertz CT molecular complexity index is 797. The summed E-state index contributed by atoms with van der Waals surface area (Å²) in [5.41, 5.74) is 2.15. The van der Waals surface area contributed by atoms with Crippen molar-refractivity contribution in [3.05, 3.63) is 63.6 Å². The Morgan fingerprint density at radius 3 is 2.80 bits per heavy atom. The van der Waals surface area contributed by atoms with Gasteiger partial charge in [0.25, 0.3) is 5.91 Å². The second-order valence-electron chi connectivity index (χ2n) is 4.36. The molecular formula is C15H10FIN2O. The van der Waals surface area contributed by atoms with Gasteiger partial charge in [0.1, 0.15) is 5.82 Å². The Kier molecular flexibility index (Phi) is 3.43. The van der Waals surface area contributed by atoms with E-state index in [0.29, 0.717) is 14.8 Å². The van der Waals surface area contributed by atoms with Crippen LogP contribution in [0.1, 0.15) is 10.4 Å². The molecule has 0 spiro atoms. The van der Waals surface area contributed by atoms with Gasteiger partial charge in [-0.3, -0.25) is 4.79 Å². The van der Waals surface area contributed by atoms with Crippen LogP contribution in [0.25, 0.3) is 10.9 Å². The minimum absolute atomic E-state index is 0.211. The summed E-state index contributed by atoms with van der Waals surface area (Å²) in [6.45, 7) is 0. The molecule has 0 aliphatic heterocycles. The average molecular weight is 380 g/mol. The fourth-order valence-corrected chi connectivity index (χ4v) is 2.59. The lowest BCUT2D eigenvalue weighted by Crippen LogP contribution is -2.12. The number of halogens is 2. The molecule has 0 aliphatic rings. The number of amides is 1. The van der Waals surface area contributed by atoms with E-state index in [-0.39, 0.29) is 11.7 Å². The third-order valence-corrected chi connectivity index (χ3v) is 3.89. The van der Waals surface area contributed by atoms with Gasteiger partial charge in [-0.15, -0.1) is 0 Å². The Labute approximate surface area is 128 Å². The van der Waals surface area contributed by atoms with E-state index in [1.807, 2.05) is 47.0 Å². The maximum absolute atomic E-state index is 13.0. The van der Waals surface area contributed by atoms with Crippen LogP contribution >= 0.6 is 22.6 Å². The van der Waals surface area contributed by atoms with Gasteiger partial charge < -0.3 is 10.3 Å². The zero-order valence-electron chi connectivity index (χ0n) is 10.3. The number of aromatic amines is 1. The van der Waals surface area contributed by atoms with Gasteiger partial charge in [-0.25, -0.2) is 4.39 Å². The number of hydrogen-bond donors (Lipinski definition) is 2. The van der Waals surface area contributed by atoms with Crippen LogP contribution in [-0.2, 0) is 0 Å². The van der Waals surface area contributed by atoms with Crippen molar-refractivity contribution in [1.82, 2.24) is 4.98 Å². The summed E-state index contributed by atoms with van der Waals surface area (Å²) in [7, 11) is 0. The Morgan fingerprint density at radius 1 is 1.15 bits per heavy atom. The molecule has 0 saturated heterocycles. The van der Waals surface area contributed by atoms with E-state index < -0.39 is 0 Å². The fourth-order valence-electron chi connectivity index (χ4n) is 1.98. The summed E-state index contributed by atoms with van der Waals surface area (Å²) in [5, 5.41) is 3.77. The molecule has 3 aromatic rings. The summed E-state index contributed by atoms with van der Waals surface area (Å²) in [6, 6.07) is 11.6. The molecule has 2 aromatic carbocycles. The first kappa shape index (κ1) is 13.1. The number of carbonyl (C=O) groups excluding carboxylic acids is 1. The molecule has 0 unspecified atom stereocenters. The van der Waals surface area contributed by atoms with Gasteiger partial charge in [0, 0.05) is 26.2 Å². The standard InChI is InChI=1S/C15H10FIN2O/c16-11-2-4-14(12(17)8-11)19-15(20)10-1-3-13-9(7-10)5-6-18-13/h1-8,18H,(H,19,20). The van der Waals surface area contributed by atoms with Crippen molar-refractivity contribution in [3.8, 4) is 0 Å². The minimum atomic E-state index is -0.318. The Hall–Kier alpha value is -1.89. The molecule has 0 atom stereocenters. The minimum Gasteiger partial charge on any atom is -0.361 e. The van der Waals surface area contributed by atoms with Crippen molar-refractivity contribution in [2.45, 2.75) is 0 Å². The van der Waals surface area contributed by atoms with Gasteiger partial charge in [-0.1, -0.05) is 0 Å². The van der Waals surface area contributed by atoms with Crippen LogP contribution in [0.15, 0.2) is 48.7 Å². The number of anilines is 1. The van der Waals surface area contributed by atoms with E-state index >= 15 is 0 Å². The van der Waals surface area contributed by atoms with Crippen LogP contribution in [-0.4, -0.2) is 10.9 Å². The lowest BCUT2D eigenvalue weighted by Gasteiger charge is -2.07. The number of rotatable bonds is 2. The molecule has 1 heterocycles. The van der Waals surface area contributed by atoms with E-state index in [1.165, 1.54) is 12.1 Å². The molecule has 1 amide bonds. The molecule has 3 nitrogen and oxygen atoms in total. The molecule has 3 rings (SSSR count). The molecule has 1 aromatic heterocycles. The number of aromatic nitrogens is 1. The van der Waals surface area contributed by atoms with Crippen molar-refractivity contribution < 1.29 is 9.18 Å².